The van der Waals surface area contributed by atoms with E-state index in [1.807, 2.05) is 37.3 Å². The number of anilines is 1. The molecule has 21 heavy (non-hydrogen) atoms. The van der Waals surface area contributed by atoms with Gasteiger partial charge < -0.3 is 10.6 Å². The summed E-state index contributed by atoms with van der Waals surface area (Å²) in [6.45, 7) is 3.94. The zero-order chi connectivity index (χ0) is 15.2. The molecular weight excluding hydrogens is 267 g/mol. The van der Waals surface area contributed by atoms with Crippen LogP contribution in [0.5, 0.6) is 0 Å². The van der Waals surface area contributed by atoms with Gasteiger partial charge in [-0.05, 0) is 30.7 Å². The van der Waals surface area contributed by atoms with Gasteiger partial charge in [0.15, 0.2) is 0 Å². The molecule has 0 aliphatic carbocycles. The van der Waals surface area contributed by atoms with Crippen molar-refractivity contribution in [2.75, 3.05) is 5.32 Å². The molecule has 110 valence electrons. The largest absolute Gasteiger partial charge is 0.326 e. The van der Waals surface area contributed by atoms with E-state index in [2.05, 4.69) is 10.6 Å². The Labute approximate surface area is 124 Å². The van der Waals surface area contributed by atoms with Gasteiger partial charge in [-0.2, -0.15) is 0 Å². The SMILES string of the molecule is CC(=O)Nc1cccc([C@@H](C)NCc2ccccc2F)c1. The van der Waals surface area contributed by atoms with Gasteiger partial charge in [0.2, 0.25) is 5.91 Å². The van der Waals surface area contributed by atoms with Crippen LogP contribution < -0.4 is 10.6 Å². The lowest BCUT2D eigenvalue weighted by Gasteiger charge is -2.16. The van der Waals surface area contributed by atoms with Gasteiger partial charge in [0, 0.05) is 30.8 Å². The van der Waals surface area contributed by atoms with E-state index in [1.165, 1.54) is 13.0 Å². The van der Waals surface area contributed by atoms with Crippen molar-refractivity contribution in [3.8, 4) is 0 Å². The lowest BCUT2D eigenvalue weighted by molar-refractivity contribution is -0.114. The van der Waals surface area contributed by atoms with Crippen molar-refractivity contribution in [1.82, 2.24) is 5.32 Å². The minimum atomic E-state index is -0.204. The molecule has 2 N–H and O–H groups in total. The first-order valence-corrected chi connectivity index (χ1v) is 6.90. The standard InChI is InChI=1S/C17H19FN2O/c1-12(19-11-15-6-3-4-9-17(15)18)14-7-5-8-16(10-14)20-13(2)21/h3-10,12,19H,11H2,1-2H3,(H,20,21)/t12-/m1/s1. The molecule has 0 unspecified atom stereocenters. The maximum Gasteiger partial charge on any atom is 0.221 e. The number of rotatable bonds is 5. The van der Waals surface area contributed by atoms with Gasteiger partial charge in [-0.25, -0.2) is 4.39 Å². The van der Waals surface area contributed by atoms with Crippen molar-refractivity contribution in [3.05, 3.63) is 65.5 Å². The smallest absolute Gasteiger partial charge is 0.221 e. The van der Waals surface area contributed by atoms with E-state index >= 15 is 0 Å². The number of carbonyl (C=O) groups excluding carboxylic acids is 1. The third-order valence-corrected chi connectivity index (χ3v) is 3.26. The van der Waals surface area contributed by atoms with Crippen molar-refractivity contribution in [3.63, 3.8) is 0 Å². The van der Waals surface area contributed by atoms with Crippen LogP contribution >= 0.6 is 0 Å². The number of carbonyl (C=O) groups is 1. The van der Waals surface area contributed by atoms with E-state index in [1.54, 1.807) is 12.1 Å². The molecule has 4 heteroatoms. The highest BCUT2D eigenvalue weighted by molar-refractivity contribution is 5.88. The Hall–Kier alpha value is -2.20. The fraction of sp³-hybridized carbons (Fsp3) is 0.235. The summed E-state index contributed by atoms with van der Waals surface area (Å²) in [7, 11) is 0. The zero-order valence-electron chi connectivity index (χ0n) is 12.2. The molecule has 2 aromatic rings. The number of amides is 1. The molecule has 0 spiro atoms. The molecule has 0 saturated heterocycles. The van der Waals surface area contributed by atoms with Crippen LogP contribution in [-0.2, 0) is 11.3 Å². The van der Waals surface area contributed by atoms with E-state index < -0.39 is 0 Å². The Bertz CT molecular complexity index is 628. The van der Waals surface area contributed by atoms with Gasteiger partial charge in [-0.15, -0.1) is 0 Å². The van der Waals surface area contributed by atoms with Crippen molar-refractivity contribution in [2.24, 2.45) is 0 Å². The highest BCUT2D eigenvalue weighted by Gasteiger charge is 2.08. The number of halogens is 1. The summed E-state index contributed by atoms with van der Waals surface area (Å²) in [5, 5.41) is 6.04. The highest BCUT2D eigenvalue weighted by atomic mass is 19.1. The second kappa shape index (κ2) is 6.99. The molecule has 0 heterocycles. The molecule has 2 rings (SSSR count). The maximum absolute atomic E-state index is 13.6. The monoisotopic (exact) mass is 286 g/mol. The Morgan fingerprint density at radius 3 is 2.67 bits per heavy atom. The molecular formula is C17H19FN2O. The van der Waals surface area contributed by atoms with Crippen LogP contribution in [-0.4, -0.2) is 5.91 Å². The number of benzene rings is 2. The Balaban J connectivity index is 2.01. The van der Waals surface area contributed by atoms with Crippen molar-refractivity contribution in [1.29, 1.82) is 0 Å². The van der Waals surface area contributed by atoms with E-state index in [9.17, 15) is 9.18 Å². The van der Waals surface area contributed by atoms with Gasteiger partial charge >= 0.3 is 0 Å². The summed E-state index contributed by atoms with van der Waals surface area (Å²) in [6.07, 6.45) is 0. The van der Waals surface area contributed by atoms with Gasteiger partial charge in [0.1, 0.15) is 5.82 Å². The van der Waals surface area contributed by atoms with E-state index in [0.717, 1.165) is 11.3 Å². The molecule has 2 aromatic carbocycles. The summed E-state index contributed by atoms with van der Waals surface area (Å²) >= 11 is 0. The second-order valence-electron chi connectivity index (χ2n) is 5.00. The maximum atomic E-state index is 13.6. The predicted molar refractivity (Wildman–Crippen MR) is 82.4 cm³/mol. The van der Waals surface area contributed by atoms with Gasteiger partial charge in [-0.3, -0.25) is 4.79 Å². The topological polar surface area (TPSA) is 41.1 Å². The summed E-state index contributed by atoms with van der Waals surface area (Å²) in [5.74, 6) is -0.302. The van der Waals surface area contributed by atoms with Crippen LogP contribution in [0.25, 0.3) is 0 Å². The first kappa shape index (κ1) is 15.2. The lowest BCUT2D eigenvalue weighted by Crippen LogP contribution is -2.19. The fourth-order valence-corrected chi connectivity index (χ4v) is 2.11. The first-order chi connectivity index (χ1) is 10.1. The third kappa shape index (κ3) is 4.39. The van der Waals surface area contributed by atoms with Crippen LogP contribution in [0, 0.1) is 5.82 Å². The van der Waals surface area contributed by atoms with Crippen molar-refractivity contribution < 1.29 is 9.18 Å². The quantitative estimate of drug-likeness (QED) is 0.881. The van der Waals surface area contributed by atoms with Crippen LogP contribution in [0.15, 0.2) is 48.5 Å². The van der Waals surface area contributed by atoms with E-state index in [-0.39, 0.29) is 17.8 Å². The molecule has 0 saturated carbocycles. The second-order valence-corrected chi connectivity index (χ2v) is 5.00. The molecule has 0 bridgehead atoms. The molecule has 0 aromatic heterocycles. The average Bonchev–Trinajstić information content (AvgIpc) is 2.45. The van der Waals surface area contributed by atoms with Gasteiger partial charge in [-0.1, -0.05) is 30.3 Å². The van der Waals surface area contributed by atoms with Crippen LogP contribution in [0.3, 0.4) is 0 Å². The zero-order valence-corrected chi connectivity index (χ0v) is 12.2. The third-order valence-electron chi connectivity index (χ3n) is 3.26. The van der Waals surface area contributed by atoms with Crippen LogP contribution in [0.1, 0.15) is 31.0 Å². The number of nitrogens with one attached hydrogen (secondary N) is 2. The average molecular weight is 286 g/mol. The van der Waals surface area contributed by atoms with Gasteiger partial charge in [0.25, 0.3) is 0 Å². The van der Waals surface area contributed by atoms with E-state index in [0.29, 0.717) is 12.1 Å². The van der Waals surface area contributed by atoms with Crippen molar-refractivity contribution >= 4 is 11.6 Å². The minimum Gasteiger partial charge on any atom is -0.326 e. The molecule has 1 amide bonds. The first-order valence-electron chi connectivity index (χ1n) is 6.90. The predicted octanol–water partition coefficient (Wildman–Crippen LogP) is 3.63. The number of hydrogen-bond donors (Lipinski definition) is 2. The fourth-order valence-electron chi connectivity index (χ4n) is 2.11. The molecule has 0 aliphatic heterocycles. The highest BCUT2D eigenvalue weighted by Crippen LogP contribution is 2.18. The summed E-state index contributed by atoms with van der Waals surface area (Å²) < 4.78 is 13.6. The molecule has 0 aliphatic rings. The Morgan fingerprint density at radius 1 is 1.19 bits per heavy atom. The van der Waals surface area contributed by atoms with Crippen LogP contribution in [0.2, 0.25) is 0 Å². The Kier molecular flexibility index (Phi) is 5.06. The number of hydrogen-bond acceptors (Lipinski definition) is 2. The Morgan fingerprint density at radius 2 is 1.95 bits per heavy atom. The lowest BCUT2D eigenvalue weighted by atomic mass is 10.1. The molecule has 1 atom stereocenters. The summed E-state index contributed by atoms with van der Waals surface area (Å²) in [4.78, 5) is 11.1. The van der Waals surface area contributed by atoms with Gasteiger partial charge in [0.05, 0.1) is 0 Å². The van der Waals surface area contributed by atoms with Crippen LogP contribution in [0.4, 0.5) is 10.1 Å². The summed E-state index contributed by atoms with van der Waals surface area (Å²) in [6, 6.07) is 14.4. The summed E-state index contributed by atoms with van der Waals surface area (Å²) in [5.41, 5.74) is 2.44. The molecule has 0 radical (unpaired) electrons. The normalized spacial score (nSPS) is 12.0. The van der Waals surface area contributed by atoms with E-state index in [4.69, 9.17) is 0 Å². The minimum absolute atomic E-state index is 0.0540. The molecule has 3 nitrogen and oxygen atoms in total. The van der Waals surface area contributed by atoms with Crippen molar-refractivity contribution in [2.45, 2.75) is 26.4 Å². The molecule has 0 fully saturated rings.